The lowest BCUT2D eigenvalue weighted by Crippen LogP contribution is -2.45. The van der Waals surface area contributed by atoms with Gasteiger partial charge in [-0.15, -0.1) is 0 Å². The van der Waals surface area contributed by atoms with Gasteiger partial charge in [-0.25, -0.2) is 0 Å². The second kappa shape index (κ2) is 7.13. The van der Waals surface area contributed by atoms with Gasteiger partial charge in [0, 0.05) is 17.6 Å². The molecule has 3 N–H and O–H groups in total. The maximum atomic E-state index is 13.1. The summed E-state index contributed by atoms with van der Waals surface area (Å²) in [6.07, 6.45) is 1.07. The molecule has 1 aliphatic carbocycles. The number of nitrogens with zero attached hydrogens (tertiary/aromatic N) is 1. The summed E-state index contributed by atoms with van der Waals surface area (Å²) < 4.78 is 0.799. The zero-order valence-corrected chi connectivity index (χ0v) is 16.9. The molecule has 4 rings (SSSR count). The highest BCUT2D eigenvalue weighted by Crippen LogP contribution is 2.50. The molecule has 0 bridgehead atoms. The summed E-state index contributed by atoms with van der Waals surface area (Å²) in [6.45, 7) is 2.95. The second-order valence-corrected chi connectivity index (χ2v) is 8.30. The number of para-hydroxylation sites is 1. The summed E-state index contributed by atoms with van der Waals surface area (Å²) in [6, 6.07) is 9.82. The number of hydrogen-bond acceptors (Lipinski definition) is 4. The summed E-state index contributed by atoms with van der Waals surface area (Å²) in [5, 5.41) is 22.3. The summed E-state index contributed by atoms with van der Waals surface area (Å²) in [7, 11) is 0. The van der Waals surface area contributed by atoms with E-state index in [0.717, 1.165) is 16.5 Å². The van der Waals surface area contributed by atoms with Crippen molar-refractivity contribution in [2.45, 2.75) is 19.4 Å². The Labute approximate surface area is 171 Å². The highest BCUT2D eigenvalue weighted by atomic mass is 79.9. The van der Waals surface area contributed by atoms with E-state index in [9.17, 15) is 19.8 Å². The lowest BCUT2D eigenvalue weighted by molar-refractivity contribution is 0.0693. The average molecular weight is 445 g/mol. The molecule has 3 atom stereocenters. The molecule has 2 aromatic rings. The Kier molecular flexibility index (Phi) is 4.79. The van der Waals surface area contributed by atoms with Crippen molar-refractivity contribution in [2.24, 2.45) is 11.8 Å². The molecule has 146 valence electrons. The van der Waals surface area contributed by atoms with Crippen LogP contribution in [0.4, 0.5) is 0 Å². The van der Waals surface area contributed by atoms with Crippen molar-refractivity contribution in [3.63, 3.8) is 0 Å². The van der Waals surface area contributed by atoms with E-state index in [0.29, 0.717) is 30.5 Å². The maximum absolute atomic E-state index is 13.1. The van der Waals surface area contributed by atoms with E-state index in [1.807, 2.05) is 30.0 Å². The van der Waals surface area contributed by atoms with E-state index in [1.165, 1.54) is 18.2 Å². The Bertz CT molecular complexity index is 961. The molecule has 6 nitrogen and oxygen atoms in total. The number of amides is 2. The van der Waals surface area contributed by atoms with Crippen LogP contribution in [0.1, 0.15) is 32.7 Å². The number of carbonyl (C=O) groups is 2. The zero-order chi connectivity index (χ0) is 20.0. The van der Waals surface area contributed by atoms with Gasteiger partial charge in [-0.3, -0.25) is 9.59 Å². The number of piperidine rings is 1. The van der Waals surface area contributed by atoms with Crippen molar-refractivity contribution in [1.29, 1.82) is 0 Å². The molecular weight excluding hydrogens is 424 g/mol. The van der Waals surface area contributed by atoms with Gasteiger partial charge >= 0.3 is 0 Å². The van der Waals surface area contributed by atoms with Crippen LogP contribution in [0.2, 0.25) is 0 Å². The standard InChI is InChI=1S/C21H21BrN2O4/c1-11-4-2-5-13(18(11)22)21(28)24-10-12-8-15(12)16(24)9-23-20(27)14-6-3-7-17(25)19(14)26/h2-7,12,15-16,25-26H,8-10H2,1H3,(H,23,27)/t12-,15-,16-/m1/s1. The first-order valence-corrected chi connectivity index (χ1v) is 10.0. The third kappa shape index (κ3) is 3.24. The molecule has 1 saturated heterocycles. The second-order valence-electron chi connectivity index (χ2n) is 7.50. The number of carbonyl (C=O) groups excluding carboxylic acids is 2. The van der Waals surface area contributed by atoms with Crippen molar-refractivity contribution in [1.82, 2.24) is 10.2 Å². The number of fused-ring (bicyclic) bond motifs is 1. The predicted octanol–water partition coefficient (Wildman–Crippen LogP) is 3.06. The van der Waals surface area contributed by atoms with Crippen LogP contribution in [-0.4, -0.2) is 46.1 Å². The minimum absolute atomic E-state index is 0.0182. The number of phenolic OH excluding ortho intramolecular Hbond substituents is 2. The van der Waals surface area contributed by atoms with Gasteiger partial charge in [0.05, 0.1) is 17.2 Å². The minimum atomic E-state index is -0.471. The molecule has 1 heterocycles. The van der Waals surface area contributed by atoms with E-state index in [4.69, 9.17) is 0 Å². The van der Waals surface area contributed by atoms with Gasteiger partial charge in [0.2, 0.25) is 0 Å². The molecule has 0 aromatic heterocycles. The van der Waals surface area contributed by atoms with Crippen LogP contribution in [0.5, 0.6) is 11.5 Å². The van der Waals surface area contributed by atoms with E-state index < -0.39 is 11.7 Å². The molecule has 2 fully saturated rings. The molecule has 1 aliphatic heterocycles. The maximum Gasteiger partial charge on any atom is 0.255 e. The number of halogens is 1. The molecule has 2 aromatic carbocycles. The van der Waals surface area contributed by atoms with Crippen molar-refractivity contribution < 1.29 is 19.8 Å². The SMILES string of the molecule is Cc1cccc(C(=O)N2C[C@H]3C[C@H]3[C@H]2CNC(=O)c2cccc(O)c2O)c1Br. The van der Waals surface area contributed by atoms with Crippen LogP contribution in [0.3, 0.4) is 0 Å². The lowest BCUT2D eigenvalue weighted by Gasteiger charge is -2.28. The molecule has 0 unspecified atom stereocenters. The van der Waals surface area contributed by atoms with Crippen molar-refractivity contribution >= 4 is 27.7 Å². The number of hydrogen-bond donors (Lipinski definition) is 3. The van der Waals surface area contributed by atoms with Crippen LogP contribution >= 0.6 is 15.9 Å². The Hall–Kier alpha value is -2.54. The summed E-state index contributed by atoms with van der Waals surface area (Å²) in [5.74, 6) is -0.401. The van der Waals surface area contributed by atoms with Gasteiger partial charge in [-0.1, -0.05) is 18.2 Å². The number of aryl methyl sites for hydroxylation is 1. The highest BCUT2D eigenvalue weighted by Gasteiger charge is 2.54. The molecular formula is C21H21BrN2O4. The summed E-state index contributed by atoms with van der Waals surface area (Å²) in [5.41, 5.74) is 1.65. The Balaban J connectivity index is 1.49. The molecule has 0 radical (unpaired) electrons. The largest absolute Gasteiger partial charge is 0.504 e. The van der Waals surface area contributed by atoms with Crippen LogP contribution < -0.4 is 5.32 Å². The van der Waals surface area contributed by atoms with E-state index >= 15 is 0 Å². The minimum Gasteiger partial charge on any atom is -0.504 e. The van der Waals surface area contributed by atoms with Crippen molar-refractivity contribution in [3.05, 3.63) is 57.6 Å². The van der Waals surface area contributed by atoms with Gasteiger partial charge in [0.15, 0.2) is 11.5 Å². The van der Waals surface area contributed by atoms with Crippen LogP contribution in [0.25, 0.3) is 0 Å². The van der Waals surface area contributed by atoms with Gasteiger partial charge < -0.3 is 20.4 Å². The normalized spacial score (nSPS) is 22.6. The quantitative estimate of drug-likeness (QED) is 0.632. The van der Waals surface area contributed by atoms with E-state index in [-0.39, 0.29) is 23.3 Å². The third-order valence-electron chi connectivity index (χ3n) is 5.72. The monoisotopic (exact) mass is 444 g/mol. The number of benzene rings is 2. The molecule has 0 spiro atoms. The first kappa shape index (κ1) is 18.8. The zero-order valence-electron chi connectivity index (χ0n) is 15.4. The average Bonchev–Trinajstić information content (AvgIpc) is 3.35. The number of rotatable bonds is 4. The lowest BCUT2D eigenvalue weighted by atomic mass is 10.1. The van der Waals surface area contributed by atoms with Crippen LogP contribution in [0.15, 0.2) is 40.9 Å². The summed E-state index contributed by atoms with van der Waals surface area (Å²) >= 11 is 3.51. The van der Waals surface area contributed by atoms with Crippen molar-refractivity contribution in [2.75, 3.05) is 13.1 Å². The van der Waals surface area contributed by atoms with E-state index in [1.54, 1.807) is 0 Å². The number of nitrogens with one attached hydrogen (secondary N) is 1. The fraction of sp³-hybridized carbons (Fsp3) is 0.333. The molecule has 7 heteroatoms. The van der Waals surface area contributed by atoms with Crippen LogP contribution in [0, 0.1) is 18.8 Å². The first-order chi connectivity index (χ1) is 13.4. The Morgan fingerprint density at radius 1 is 1.18 bits per heavy atom. The Morgan fingerprint density at radius 3 is 2.68 bits per heavy atom. The van der Waals surface area contributed by atoms with E-state index in [2.05, 4.69) is 21.2 Å². The Morgan fingerprint density at radius 2 is 1.89 bits per heavy atom. The van der Waals surface area contributed by atoms with Gasteiger partial charge in [-0.05, 0) is 64.9 Å². The number of phenols is 2. The highest BCUT2D eigenvalue weighted by molar-refractivity contribution is 9.10. The van der Waals surface area contributed by atoms with Gasteiger partial charge in [0.25, 0.3) is 11.8 Å². The smallest absolute Gasteiger partial charge is 0.255 e. The molecule has 2 aliphatic rings. The first-order valence-electron chi connectivity index (χ1n) is 9.23. The molecule has 2 amide bonds. The summed E-state index contributed by atoms with van der Waals surface area (Å²) in [4.78, 5) is 27.4. The molecule has 1 saturated carbocycles. The van der Waals surface area contributed by atoms with Crippen LogP contribution in [-0.2, 0) is 0 Å². The predicted molar refractivity (Wildman–Crippen MR) is 107 cm³/mol. The molecule has 28 heavy (non-hydrogen) atoms. The van der Waals surface area contributed by atoms with Gasteiger partial charge in [-0.2, -0.15) is 0 Å². The van der Waals surface area contributed by atoms with Gasteiger partial charge in [0.1, 0.15) is 0 Å². The number of likely N-dealkylation sites (tertiary alicyclic amines) is 1. The topological polar surface area (TPSA) is 89.9 Å². The third-order valence-corrected chi connectivity index (χ3v) is 6.77. The number of aromatic hydroxyl groups is 2. The fourth-order valence-corrected chi connectivity index (χ4v) is 4.47. The fourth-order valence-electron chi connectivity index (χ4n) is 4.04. The van der Waals surface area contributed by atoms with Crippen molar-refractivity contribution in [3.8, 4) is 11.5 Å².